The van der Waals surface area contributed by atoms with Crippen molar-refractivity contribution >= 4 is 17.7 Å². The van der Waals surface area contributed by atoms with Gasteiger partial charge in [0, 0.05) is 17.8 Å². The molecule has 0 bridgehead atoms. The lowest BCUT2D eigenvalue weighted by Crippen LogP contribution is -2.38. The van der Waals surface area contributed by atoms with Gasteiger partial charge in [-0.3, -0.25) is 0 Å². The first-order valence-corrected chi connectivity index (χ1v) is 4.91. The second-order valence-electron chi connectivity index (χ2n) is 3.44. The van der Waals surface area contributed by atoms with Gasteiger partial charge in [0.15, 0.2) is 23.6 Å². The number of rotatable bonds is 4. The fourth-order valence-electron chi connectivity index (χ4n) is 1.08. The first-order chi connectivity index (χ1) is 8.81. The monoisotopic (exact) mass is 278 g/mol. The zero-order chi connectivity index (χ0) is 14.6. The molecule has 0 fully saturated rings. The van der Waals surface area contributed by atoms with Gasteiger partial charge in [0.2, 0.25) is 0 Å². The van der Waals surface area contributed by atoms with E-state index in [2.05, 4.69) is 0 Å². The lowest BCUT2D eigenvalue weighted by molar-refractivity contribution is -0.146. The van der Waals surface area contributed by atoms with Crippen LogP contribution in [-0.2, 0) is 4.79 Å². The third-order valence-electron chi connectivity index (χ3n) is 1.98. The number of nitrogens with one attached hydrogen (secondary N) is 2. The van der Waals surface area contributed by atoms with Crippen LogP contribution in [0.5, 0.6) is 0 Å². The molecule has 1 rings (SSSR count). The van der Waals surface area contributed by atoms with Gasteiger partial charge in [-0.2, -0.15) is 0 Å². The van der Waals surface area contributed by atoms with Crippen molar-refractivity contribution in [3.8, 4) is 0 Å². The van der Waals surface area contributed by atoms with Crippen LogP contribution in [0.1, 0.15) is 0 Å². The van der Waals surface area contributed by atoms with Crippen molar-refractivity contribution in [1.29, 1.82) is 0 Å². The van der Waals surface area contributed by atoms with E-state index in [0.717, 1.165) is 0 Å². The van der Waals surface area contributed by atoms with Gasteiger partial charge in [-0.1, -0.05) is 0 Å². The summed E-state index contributed by atoms with van der Waals surface area (Å²) in [7, 11) is 0. The van der Waals surface area contributed by atoms with Gasteiger partial charge in [0.1, 0.15) is 0 Å². The number of hydrogen-bond acceptors (Lipinski definition) is 3. The molecule has 0 spiro atoms. The molecule has 6 nitrogen and oxygen atoms in total. The van der Waals surface area contributed by atoms with E-state index in [0.29, 0.717) is 12.1 Å². The maximum Gasteiger partial charge on any atom is 0.334 e. The molecule has 2 amide bonds. The quantitative estimate of drug-likeness (QED) is 0.608. The molecule has 1 unspecified atom stereocenters. The van der Waals surface area contributed by atoms with E-state index in [1.165, 1.54) is 0 Å². The highest BCUT2D eigenvalue weighted by atomic mass is 19.2. The van der Waals surface area contributed by atoms with Crippen LogP contribution in [0.3, 0.4) is 0 Å². The standard InChI is InChI=1S/C10H9F3N2O4/c11-5-1-4(2-6(12)8(5)13)15-10(19)14-3-7(16)9(17)18/h1-2,7,16H,3H2,(H,17,18)(H2,14,15,19). The largest absolute Gasteiger partial charge is 0.479 e. The Morgan fingerprint density at radius 1 is 1.21 bits per heavy atom. The number of hydrogen-bond donors (Lipinski definition) is 4. The number of aliphatic hydroxyl groups is 1. The number of carbonyl (C=O) groups is 2. The highest BCUT2D eigenvalue weighted by molar-refractivity contribution is 5.89. The SMILES string of the molecule is O=C(NCC(O)C(=O)O)Nc1cc(F)c(F)c(F)c1. The van der Waals surface area contributed by atoms with Crippen molar-refractivity contribution in [2.75, 3.05) is 11.9 Å². The summed E-state index contributed by atoms with van der Waals surface area (Å²) in [6.45, 7) is -0.604. The average molecular weight is 278 g/mol. The molecule has 0 saturated carbocycles. The molecule has 1 aromatic carbocycles. The number of carbonyl (C=O) groups excluding carboxylic acids is 1. The van der Waals surface area contributed by atoms with Crippen molar-refractivity contribution in [2.45, 2.75) is 6.10 Å². The van der Waals surface area contributed by atoms with Gasteiger partial charge < -0.3 is 20.8 Å². The maximum absolute atomic E-state index is 12.8. The number of urea groups is 1. The Morgan fingerprint density at radius 2 is 1.74 bits per heavy atom. The lowest BCUT2D eigenvalue weighted by Gasteiger charge is -2.09. The summed E-state index contributed by atoms with van der Waals surface area (Å²) in [6.07, 6.45) is -1.81. The van der Waals surface area contributed by atoms with E-state index in [-0.39, 0.29) is 5.69 Å². The predicted octanol–water partition coefficient (Wildman–Crippen LogP) is 0.671. The fourth-order valence-corrected chi connectivity index (χ4v) is 1.08. The Balaban J connectivity index is 2.60. The van der Waals surface area contributed by atoms with Crippen molar-refractivity contribution in [3.05, 3.63) is 29.6 Å². The Kier molecular flexibility index (Phi) is 4.70. The third kappa shape index (κ3) is 4.14. The highest BCUT2D eigenvalue weighted by Crippen LogP contribution is 2.17. The van der Waals surface area contributed by atoms with Crippen LogP contribution < -0.4 is 10.6 Å². The summed E-state index contributed by atoms with van der Waals surface area (Å²) in [5.74, 6) is -6.19. The normalized spacial score (nSPS) is 11.8. The molecule has 0 radical (unpaired) electrons. The Hall–Kier alpha value is -2.29. The Labute approximate surface area is 104 Å². The van der Waals surface area contributed by atoms with E-state index in [9.17, 15) is 22.8 Å². The van der Waals surface area contributed by atoms with E-state index < -0.39 is 42.1 Å². The van der Waals surface area contributed by atoms with Gasteiger partial charge in [-0.15, -0.1) is 0 Å². The zero-order valence-corrected chi connectivity index (χ0v) is 9.28. The number of aliphatic hydroxyl groups excluding tert-OH is 1. The summed E-state index contributed by atoms with van der Waals surface area (Å²) < 4.78 is 38.2. The molecule has 0 aliphatic heterocycles. The second kappa shape index (κ2) is 6.05. The molecule has 1 aromatic rings. The number of anilines is 1. The molecule has 4 N–H and O–H groups in total. The average Bonchev–Trinajstić information content (AvgIpc) is 2.32. The smallest absolute Gasteiger partial charge is 0.334 e. The second-order valence-corrected chi connectivity index (χ2v) is 3.44. The molecular formula is C10H9F3N2O4. The fraction of sp³-hybridized carbons (Fsp3) is 0.200. The van der Waals surface area contributed by atoms with Crippen molar-refractivity contribution in [3.63, 3.8) is 0 Å². The van der Waals surface area contributed by atoms with E-state index in [1.54, 1.807) is 0 Å². The molecule has 1 atom stereocenters. The minimum Gasteiger partial charge on any atom is -0.479 e. The molecule has 19 heavy (non-hydrogen) atoms. The summed E-state index contributed by atoms with van der Waals surface area (Å²) >= 11 is 0. The molecule has 0 aromatic heterocycles. The highest BCUT2D eigenvalue weighted by Gasteiger charge is 2.15. The molecule has 0 aliphatic rings. The van der Waals surface area contributed by atoms with Crippen LogP contribution >= 0.6 is 0 Å². The van der Waals surface area contributed by atoms with Gasteiger partial charge >= 0.3 is 12.0 Å². The Morgan fingerprint density at radius 3 is 2.21 bits per heavy atom. The minimum atomic E-state index is -1.81. The van der Waals surface area contributed by atoms with Gasteiger partial charge in [0.05, 0.1) is 6.54 Å². The number of aliphatic carboxylic acids is 1. The molecule has 9 heteroatoms. The van der Waals surface area contributed by atoms with Crippen molar-refractivity contribution in [1.82, 2.24) is 5.32 Å². The number of amides is 2. The summed E-state index contributed by atoms with van der Waals surface area (Å²) in [6, 6.07) is 0.0859. The maximum atomic E-state index is 12.8. The van der Waals surface area contributed by atoms with Crippen LogP contribution in [-0.4, -0.2) is 34.9 Å². The number of benzene rings is 1. The number of halogens is 3. The first-order valence-electron chi connectivity index (χ1n) is 4.91. The predicted molar refractivity (Wildman–Crippen MR) is 57.0 cm³/mol. The zero-order valence-electron chi connectivity index (χ0n) is 9.28. The molecule has 0 saturated heterocycles. The number of carboxylic acids is 1. The topological polar surface area (TPSA) is 98.7 Å². The van der Waals surface area contributed by atoms with Gasteiger partial charge in [-0.25, -0.2) is 22.8 Å². The van der Waals surface area contributed by atoms with Crippen LogP contribution in [0.15, 0.2) is 12.1 Å². The summed E-state index contributed by atoms with van der Waals surface area (Å²) in [5, 5.41) is 21.1. The van der Waals surface area contributed by atoms with E-state index >= 15 is 0 Å². The number of carboxylic acid groups (broad SMARTS) is 1. The van der Waals surface area contributed by atoms with Crippen LogP contribution in [0.2, 0.25) is 0 Å². The van der Waals surface area contributed by atoms with Crippen LogP contribution in [0, 0.1) is 17.5 Å². The van der Waals surface area contributed by atoms with Crippen molar-refractivity contribution < 1.29 is 33.0 Å². The van der Waals surface area contributed by atoms with Gasteiger partial charge in [0.25, 0.3) is 0 Å². The summed E-state index contributed by atoms with van der Waals surface area (Å²) in [5.41, 5.74) is -0.362. The Bertz CT molecular complexity index is 487. The van der Waals surface area contributed by atoms with Crippen LogP contribution in [0.25, 0.3) is 0 Å². The molecular weight excluding hydrogens is 269 g/mol. The molecule has 0 aliphatic carbocycles. The first kappa shape index (κ1) is 14.8. The minimum absolute atomic E-state index is 0.362. The molecule has 0 heterocycles. The van der Waals surface area contributed by atoms with Gasteiger partial charge in [-0.05, 0) is 0 Å². The van der Waals surface area contributed by atoms with E-state index in [4.69, 9.17) is 10.2 Å². The molecule has 104 valence electrons. The van der Waals surface area contributed by atoms with E-state index in [1.807, 2.05) is 10.6 Å². The van der Waals surface area contributed by atoms with Crippen LogP contribution in [0.4, 0.5) is 23.7 Å². The van der Waals surface area contributed by atoms with Crippen molar-refractivity contribution in [2.24, 2.45) is 0 Å². The lowest BCUT2D eigenvalue weighted by atomic mass is 10.3. The third-order valence-corrected chi connectivity index (χ3v) is 1.98. The summed E-state index contributed by atoms with van der Waals surface area (Å²) in [4.78, 5) is 21.4.